The Bertz CT molecular complexity index is 825. The fourth-order valence-electron chi connectivity index (χ4n) is 3.22. The summed E-state index contributed by atoms with van der Waals surface area (Å²) in [5.41, 5.74) is 1.82. The number of nitrogens with one attached hydrogen (secondary N) is 1. The molecule has 0 radical (unpaired) electrons. The zero-order chi connectivity index (χ0) is 19.4. The van der Waals surface area contributed by atoms with Crippen molar-refractivity contribution in [1.29, 1.82) is 0 Å². The summed E-state index contributed by atoms with van der Waals surface area (Å²) in [6, 6.07) is 14.9. The SMILES string of the molecule is CC(=O)N[C@H](CC(=O)N1CC[C@@H](C)Sc2ccccc21)c1ccc(Cl)cc1. The topological polar surface area (TPSA) is 49.4 Å². The van der Waals surface area contributed by atoms with Gasteiger partial charge in [-0.15, -0.1) is 11.8 Å². The Hall–Kier alpha value is -1.98. The largest absolute Gasteiger partial charge is 0.349 e. The third kappa shape index (κ3) is 5.05. The molecule has 27 heavy (non-hydrogen) atoms. The molecule has 0 saturated carbocycles. The van der Waals surface area contributed by atoms with E-state index in [-0.39, 0.29) is 24.3 Å². The molecule has 0 bridgehead atoms. The van der Waals surface area contributed by atoms with Crippen LogP contribution in [0.1, 0.15) is 38.3 Å². The van der Waals surface area contributed by atoms with E-state index in [9.17, 15) is 9.59 Å². The highest BCUT2D eigenvalue weighted by Crippen LogP contribution is 2.38. The van der Waals surface area contributed by atoms with Crippen LogP contribution in [-0.4, -0.2) is 23.6 Å². The van der Waals surface area contributed by atoms with E-state index in [1.54, 1.807) is 23.9 Å². The van der Waals surface area contributed by atoms with Gasteiger partial charge in [0, 0.05) is 28.6 Å². The summed E-state index contributed by atoms with van der Waals surface area (Å²) in [5.74, 6) is -0.158. The number of rotatable bonds is 4. The van der Waals surface area contributed by atoms with E-state index < -0.39 is 0 Å². The van der Waals surface area contributed by atoms with Gasteiger partial charge in [0.2, 0.25) is 11.8 Å². The summed E-state index contributed by atoms with van der Waals surface area (Å²) in [4.78, 5) is 27.9. The lowest BCUT2D eigenvalue weighted by molar-refractivity contribution is -0.121. The molecule has 2 amide bonds. The molecule has 142 valence electrons. The Morgan fingerprint density at radius 1 is 1.22 bits per heavy atom. The first-order valence-electron chi connectivity index (χ1n) is 9.02. The Labute approximate surface area is 169 Å². The molecule has 6 heteroatoms. The molecule has 1 aliphatic heterocycles. The predicted octanol–water partition coefficient (Wildman–Crippen LogP) is 4.82. The zero-order valence-corrected chi connectivity index (χ0v) is 17.0. The maximum Gasteiger partial charge on any atom is 0.229 e. The molecule has 4 nitrogen and oxygen atoms in total. The van der Waals surface area contributed by atoms with Crippen LogP contribution in [0, 0.1) is 0 Å². The van der Waals surface area contributed by atoms with Crippen molar-refractivity contribution < 1.29 is 9.59 Å². The van der Waals surface area contributed by atoms with Crippen molar-refractivity contribution in [2.75, 3.05) is 11.4 Å². The van der Waals surface area contributed by atoms with Crippen LogP contribution in [0.4, 0.5) is 5.69 Å². The average Bonchev–Trinajstić information content (AvgIpc) is 2.79. The second kappa shape index (κ2) is 8.81. The maximum absolute atomic E-state index is 13.2. The van der Waals surface area contributed by atoms with Gasteiger partial charge in [0.25, 0.3) is 0 Å². The van der Waals surface area contributed by atoms with Gasteiger partial charge < -0.3 is 10.2 Å². The van der Waals surface area contributed by atoms with E-state index in [2.05, 4.69) is 18.3 Å². The minimum atomic E-state index is -0.382. The Morgan fingerprint density at radius 3 is 2.63 bits per heavy atom. The van der Waals surface area contributed by atoms with Gasteiger partial charge in [0.15, 0.2) is 0 Å². The third-order valence-electron chi connectivity index (χ3n) is 4.57. The van der Waals surface area contributed by atoms with Crippen LogP contribution in [0.25, 0.3) is 0 Å². The van der Waals surface area contributed by atoms with Crippen molar-refractivity contribution in [2.24, 2.45) is 0 Å². The lowest BCUT2D eigenvalue weighted by Gasteiger charge is -2.26. The summed E-state index contributed by atoms with van der Waals surface area (Å²) in [7, 11) is 0. The van der Waals surface area contributed by atoms with Crippen molar-refractivity contribution in [3.8, 4) is 0 Å². The average molecular weight is 403 g/mol. The highest BCUT2D eigenvalue weighted by atomic mass is 35.5. The van der Waals surface area contributed by atoms with Crippen LogP contribution >= 0.6 is 23.4 Å². The number of halogens is 1. The molecular formula is C21H23ClN2O2S. The van der Waals surface area contributed by atoms with Gasteiger partial charge in [-0.05, 0) is 36.2 Å². The zero-order valence-electron chi connectivity index (χ0n) is 15.4. The Balaban J connectivity index is 1.85. The van der Waals surface area contributed by atoms with Crippen LogP contribution in [-0.2, 0) is 9.59 Å². The van der Waals surface area contributed by atoms with Crippen molar-refractivity contribution in [3.05, 3.63) is 59.1 Å². The minimum Gasteiger partial charge on any atom is -0.349 e. The van der Waals surface area contributed by atoms with Gasteiger partial charge in [-0.25, -0.2) is 0 Å². The molecule has 2 atom stereocenters. The highest BCUT2D eigenvalue weighted by Gasteiger charge is 2.26. The number of thioether (sulfide) groups is 1. The predicted molar refractivity (Wildman–Crippen MR) is 111 cm³/mol. The van der Waals surface area contributed by atoms with Crippen LogP contribution in [0.2, 0.25) is 5.02 Å². The fraction of sp³-hybridized carbons (Fsp3) is 0.333. The van der Waals surface area contributed by atoms with Gasteiger partial charge in [0.1, 0.15) is 0 Å². The number of fused-ring (bicyclic) bond motifs is 1. The smallest absolute Gasteiger partial charge is 0.229 e. The lowest BCUT2D eigenvalue weighted by Crippen LogP contribution is -2.36. The normalized spacial score (nSPS) is 17.6. The van der Waals surface area contributed by atoms with E-state index in [0.717, 1.165) is 22.6 Å². The minimum absolute atomic E-state index is 0.00542. The maximum atomic E-state index is 13.2. The van der Waals surface area contributed by atoms with Crippen LogP contribution in [0.5, 0.6) is 0 Å². The first-order valence-corrected chi connectivity index (χ1v) is 10.3. The van der Waals surface area contributed by atoms with Crippen molar-refractivity contribution in [1.82, 2.24) is 5.32 Å². The number of anilines is 1. The molecule has 1 heterocycles. The molecule has 0 spiro atoms. The molecule has 1 aliphatic rings. The summed E-state index contributed by atoms with van der Waals surface area (Å²) in [6.45, 7) is 4.33. The van der Waals surface area contributed by atoms with Crippen molar-refractivity contribution in [2.45, 2.75) is 42.9 Å². The number of benzene rings is 2. The standard InChI is InChI=1S/C21H23ClN2O2S/c1-14-11-12-24(19-5-3-4-6-20(19)27-14)21(26)13-18(23-15(2)25)16-7-9-17(22)10-8-16/h3-10,14,18H,11-13H2,1-2H3,(H,23,25)/t14-,18-/m1/s1. The second-order valence-electron chi connectivity index (χ2n) is 6.74. The summed E-state index contributed by atoms with van der Waals surface area (Å²) >= 11 is 7.78. The number of carbonyl (C=O) groups excluding carboxylic acids is 2. The molecule has 3 rings (SSSR count). The van der Waals surface area contributed by atoms with Crippen LogP contribution in [0.15, 0.2) is 53.4 Å². The van der Waals surface area contributed by atoms with Crippen LogP contribution < -0.4 is 10.2 Å². The molecular weight excluding hydrogens is 380 g/mol. The molecule has 0 aliphatic carbocycles. The molecule has 0 saturated heterocycles. The molecule has 0 fully saturated rings. The number of nitrogens with zero attached hydrogens (tertiary/aromatic N) is 1. The van der Waals surface area contributed by atoms with E-state index >= 15 is 0 Å². The first-order chi connectivity index (χ1) is 12.9. The second-order valence-corrected chi connectivity index (χ2v) is 8.66. The van der Waals surface area contributed by atoms with Crippen LogP contribution in [0.3, 0.4) is 0 Å². The lowest BCUT2D eigenvalue weighted by atomic mass is 10.0. The Kier molecular flexibility index (Phi) is 6.45. The van der Waals surface area contributed by atoms with Gasteiger partial charge in [-0.1, -0.05) is 42.8 Å². The molecule has 2 aromatic rings. The van der Waals surface area contributed by atoms with E-state index in [1.807, 2.05) is 35.2 Å². The van der Waals surface area contributed by atoms with Crippen molar-refractivity contribution in [3.63, 3.8) is 0 Å². The molecule has 1 N–H and O–H groups in total. The number of hydrogen-bond donors (Lipinski definition) is 1. The first kappa shape index (κ1) is 19.8. The summed E-state index contributed by atoms with van der Waals surface area (Å²) in [5, 5.41) is 3.97. The number of para-hydroxylation sites is 1. The van der Waals surface area contributed by atoms with Gasteiger partial charge >= 0.3 is 0 Å². The van der Waals surface area contributed by atoms with E-state index in [4.69, 9.17) is 11.6 Å². The molecule has 2 aromatic carbocycles. The van der Waals surface area contributed by atoms with Gasteiger partial charge in [-0.3, -0.25) is 9.59 Å². The molecule has 0 aromatic heterocycles. The Morgan fingerprint density at radius 2 is 1.93 bits per heavy atom. The number of hydrogen-bond acceptors (Lipinski definition) is 3. The number of carbonyl (C=O) groups is 2. The van der Waals surface area contributed by atoms with E-state index in [0.29, 0.717) is 16.8 Å². The fourth-order valence-corrected chi connectivity index (χ4v) is 4.46. The third-order valence-corrected chi connectivity index (χ3v) is 6.06. The monoisotopic (exact) mass is 402 g/mol. The summed E-state index contributed by atoms with van der Waals surface area (Å²) in [6.07, 6.45) is 1.13. The molecule has 0 unspecified atom stereocenters. The van der Waals surface area contributed by atoms with E-state index in [1.165, 1.54) is 6.92 Å². The summed E-state index contributed by atoms with van der Waals surface area (Å²) < 4.78 is 0. The number of amides is 2. The highest BCUT2D eigenvalue weighted by molar-refractivity contribution is 8.00. The quantitative estimate of drug-likeness (QED) is 0.797. The van der Waals surface area contributed by atoms with Gasteiger partial charge in [-0.2, -0.15) is 0 Å². The van der Waals surface area contributed by atoms with Gasteiger partial charge in [0.05, 0.1) is 18.2 Å². The van der Waals surface area contributed by atoms with Crippen molar-refractivity contribution >= 4 is 40.9 Å².